The number of benzene rings is 2. The Kier molecular flexibility index (Phi) is 5.30. The number of nitrogens with one attached hydrogen (secondary N) is 3. The molecule has 0 saturated carbocycles. The molecule has 0 spiro atoms. The van der Waals surface area contributed by atoms with Crippen LogP contribution in [0.5, 0.6) is 0 Å². The highest BCUT2D eigenvalue weighted by Gasteiger charge is 2.18. The quantitative estimate of drug-likeness (QED) is 0.634. The lowest BCUT2D eigenvalue weighted by atomic mass is 9.88. The van der Waals surface area contributed by atoms with Crippen LogP contribution in [0.25, 0.3) is 0 Å². The van der Waals surface area contributed by atoms with Gasteiger partial charge in [0.25, 0.3) is 0 Å². The SMILES string of the molecule is O=C(C[C@H](c1ccccc1)c1ccc(Cl)cc1)NCc1n[nH]c(=O)[nH]1. The first kappa shape index (κ1) is 17.0. The number of amides is 1. The monoisotopic (exact) mass is 356 g/mol. The van der Waals surface area contributed by atoms with Crippen molar-refractivity contribution in [2.24, 2.45) is 0 Å². The van der Waals surface area contributed by atoms with Gasteiger partial charge in [0.15, 0.2) is 0 Å². The smallest absolute Gasteiger partial charge is 0.340 e. The van der Waals surface area contributed by atoms with E-state index in [0.29, 0.717) is 10.8 Å². The molecular weight excluding hydrogens is 340 g/mol. The van der Waals surface area contributed by atoms with Crippen molar-refractivity contribution in [2.45, 2.75) is 18.9 Å². The average molecular weight is 357 g/mol. The van der Waals surface area contributed by atoms with E-state index in [1.807, 2.05) is 54.6 Å². The molecule has 0 bridgehead atoms. The summed E-state index contributed by atoms with van der Waals surface area (Å²) in [5.41, 5.74) is 1.67. The molecule has 1 heterocycles. The van der Waals surface area contributed by atoms with Gasteiger partial charge in [-0.05, 0) is 23.3 Å². The van der Waals surface area contributed by atoms with Crippen LogP contribution in [-0.4, -0.2) is 21.1 Å². The largest absolute Gasteiger partial charge is 0.349 e. The summed E-state index contributed by atoms with van der Waals surface area (Å²) < 4.78 is 0. The standard InChI is InChI=1S/C18H17ClN4O2/c19-14-8-6-13(7-9-14)15(12-4-2-1-3-5-12)10-17(24)20-11-16-21-18(25)23-22-16/h1-9,15H,10-11H2,(H,20,24)(H2,21,22,23,25)/t15-/m1/s1. The van der Waals surface area contributed by atoms with Crippen molar-refractivity contribution in [3.8, 4) is 0 Å². The summed E-state index contributed by atoms with van der Waals surface area (Å²) in [6, 6.07) is 17.3. The molecule has 2 aromatic carbocycles. The van der Waals surface area contributed by atoms with E-state index in [1.165, 1.54) is 0 Å². The van der Waals surface area contributed by atoms with E-state index in [1.54, 1.807) is 0 Å². The first-order valence-corrected chi connectivity index (χ1v) is 8.20. The van der Waals surface area contributed by atoms with E-state index in [9.17, 15) is 9.59 Å². The molecule has 6 nitrogen and oxygen atoms in total. The number of rotatable bonds is 6. The minimum Gasteiger partial charge on any atom is -0.349 e. The Hall–Kier alpha value is -2.86. The molecule has 1 atom stereocenters. The van der Waals surface area contributed by atoms with Gasteiger partial charge in [-0.1, -0.05) is 54.1 Å². The molecule has 1 aromatic heterocycles. The Morgan fingerprint density at radius 2 is 1.76 bits per heavy atom. The second-order valence-corrected chi connectivity index (χ2v) is 6.06. The summed E-state index contributed by atoms with van der Waals surface area (Å²) in [5.74, 6) is 0.172. The lowest BCUT2D eigenvalue weighted by molar-refractivity contribution is -0.121. The Bertz CT molecular complexity index is 887. The first-order valence-electron chi connectivity index (χ1n) is 7.82. The third-order valence-electron chi connectivity index (χ3n) is 3.87. The van der Waals surface area contributed by atoms with E-state index < -0.39 is 5.69 Å². The molecule has 25 heavy (non-hydrogen) atoms. The van der Waals surface area contributed by atoms with Gasteiger partial charge in [0.1, 0.15) is 5.82 Å². The van der Waals surface area contributed by atoms with Gasteiger partial charge in [0.05, 0.1) is 6.54 Å². The van der Waals surface area contributed by atoms with E-state index in [4.69, 9.17) is 11.6 Å². The fraction of sp³-hybridized carbons (Fsp3) is 0.167. The summed E-state index contributed by atoms with van der Waals surface area (Å²) in [6.07, 6.45) is 0.278. The number of carbonyl (C=O) groups excluding carboxylic acids is 1. The van der Waals surface area contributed by atoms with Gasteiger partial charge in [0, 0.05) is 17.4 Å². The molecule has 0 aliphatic rings. The van der Waals surface area contributed by atoms with Crippen molar-refractivity contribution in [3.63, 3.8) is 0 Å². The Labute approximate surface area is 149 Å². The molecule has 0 aliphatic carbocycles. The molecule has 7 heteroatoms. The number of nitrogens with zero attached hydrogens (tertiary/aromatic N) is 1. The zero-order valence-corrected chi connectivity index (χ0v) is 14.1. The third-order valence-corrected chi connectivity index (χ3v) is 4.12. The van der Waals surface area contributed by atoms with Crippen molar-refractivity contribution in [3.05, 3.63) is 87.1 Å². The van der Waals surface area contributed by atoms with Gasteiger partial charge in [0.2, 0.25) is 5.91 Å². The van der Waals surface area contributed by atoms with Crippen molar-refractivity contribution in [1.29, 1.82) is 0 Å². The van der Waals surface area contributed by atoms with Crippen molar-refractivity contribution in [2.75, 3.05) is 0 Å². The fourth-order valence-electron chi connectivity index (χ4n) is 2.64. The highest BCUT2D eigenvalue weighted by atomic mass is 35.5. The van der Waals surface area contributed by atoms with Crippen molar-refractivity contribution in [1.82, 2.24) is 20.5 Å². The molecule has 0 fully saturated rings. The summed E-state index contributed by atoms with van der Waals surface area (Å²) in [4.78, 5) is 25.9. The van der Waals surface area contributed by atoms with Crippen LogP contribution in [0, 0.1) is 0 Å². The van der Waals surface area contributed by atoms with Gasteiger partial charge in [-0.3, -0.25) is 9.78 Å². The van der Waals surface area contributed by atoms with Gasteiger partial charge >= 0.3 is 5.69 Å². The van der Waals surface area contributed by atoms with Crippen LogP contribution in [0.15, 0.2) is 59.4 Å². The summed E-state index contributed by atoms with van der Waals surface area (Å²) >= 11 is 5.97. The Morgan fingerprint density at radius 3 is 2.40 bits per heavy atom. The predicted molar refractivity (Wildman–Crippen MR) is 95.4 cm³/mol. The molecule has 0 saturated heterocycles. The first-order chi connectivity index (χ1) is 12.1. The number of hydrogen-bond acceptors (Lipinski definition) is 3. The zero-order valence-electron chi connectivity index (χ0n) is 13.3. The number of hydrogen-bond donors (Lipinski definition) is 3. The lowest BCUT2D eigenvalue weighted by Gasteiger charge is -2.18. The van der Waals surface area contributed by atoms with E-state index in [-0.39, 0.29) is 24.8 Å². The number of aromatic nitrogens is 3. The number of halogens is 1. The number of carbonyl (C=O) groups is 1. The average Bonchev–Trinajstić information content (AvgIpc) is 3.05. The molecule has 3 aromatic rings. The van der Waals surface area contributed by atoms with E-state index in [0.717, 1.165) is 11.1 Å². The Balaban J connectivity index is 1.74. The van der Waals surface area contributed by atoms with Crippen LogP contribution in [0.2, 0.25) is 5.02 Å². The zero-order chi connectivity index (χ0) is 17.6. The fourth-order valence-corrected chi connectivity index (χ4v) is 2.76. The van der Waals surface area contributed by atoms with Crippen LogP contribution >= 0.6 is 11.6 Å². The third kappa shape index (κ3) is 4.58. The highest BCUT2D eigenvalue weighted by Crippen LogP contribution is 2.28. The molecule has 0 unspecified atom stereocenters. The maximum absolute atomic E-state index is 12.4. The van der Waals surface area contributed by atoms with Crippen LogP contribution in [0.3, 0.4) is 0 Å². The maximum atomic E-state index is 12.4. The lowest BCUT2D eigenvalue weighted by Crippen LogP contribution is -2.25. The van der Waals surface area contributed by atoms with E-state index >= 15 is 0 Å². The highest BCUT2D eigenvalue weighted by molar-refractivity contribution is 6.30. The summed E-state index contributed by atoms with van der Waals surface area (Å²) in [6.45, 7) is 0.166. The van der Waals surface area contributed by atoms with Crippen LogP contribution in [0.1, 0.15) is 29.3 Å². The normalized spacial score (nSPS) is 11.9. The molecule has 0 radical (unpaired) electrons. The van der Waals surface area contributed by atoms with Crippen LogP contribution in [0.4, 0.5) is 0 Å². The summed E-state index contributed by atoms with van der Waals surface area (Å²) in [7, 11) is 0. The van der Waals surface area contributed by atoms with Gasteiger partial charge in [-0.25, -0.2) is 9.89 Å². The predicted octanol–water partition coefficient (Wildman–Crippen LogP) is 2.59. The summed E-state index contributed by atoms with van der Waals surface area (Å²) in [5, 5.41) is 9.47. The van der Waals surface area contributed by atoms with Crippen molar-refractivity contribution >= 4 is 17.5 Å². The molecule has 3 N–H and O–H groups in total. The Morgan fingerprint density at radius 1 is 1.08 bits per heavy atom. The van der Waals surface area contributed by atoms with Gasteiger partial charge < -0.3 is 5.32 Å². The minimum absolute atomic E-state index is 0.0864. The second-order valence-electron chi connectivity index (χ2n) is 5.62. The van der Waals surface area contributed by atoms with Crippen molar-refractivity contribution < 1.29 is 4.79 Å². The molecule has 3 rings (SSSR count). The minimum atomic E-state index is -0.396. The molecule has 1 amide bonds. The maximum Gasteiger partial charge on any atom is 0.340 e. The molecule has 128 valence electrons. The molecule has 0 aliphatic heterocycles. The number of aromatic amines is 2. The van der Waals surface area contributed by atoms with Crippen LogP contribution < -0.4 is 11.0 Å². The topological polar surface area (TPSA) is 90.6 Å². The second kappa shape index (κ2) is 7.81. The van der Waals surface area contributed by atoms with Gasteiger partial charge in [-0.15, -0.1) is 0 Å². The van der Waals surface area contributed by atoms with Gasteiger partial charge in [-0.2, -0.15) is 5.10 Å². The number of H-pyrrole nitrogens is 2. The molecular formula is C18H17ClN4O2. The van der Waals surface area contributed by atoms with Crippen LogP contribution in [-0.2, 0) is 11.3 Å². The van der Waals surface area contributed by atoms with E-state index in [2.05, 4.69) is 20.5 Å².